The third-order valence-corrected chi connectivity index (χ3v) is 4.36. The van der Waals surface area contributed by atoms with Crippen molar-refractivity contribution >= 4 is 11.7 Å². The Balaban J connectivity index is 1.92. The van der Waals surface area contributed by atoms with Crippen LogP contribution in [0.1, 0.15) is 42.5 Å². The van der Waals surface area contributed by atoms with Gasteiger partial charge in [0, 0.05) is 24.9 Å². The summed E-state index contributed by atoms with van der Waals surface area (Å²) in [6, 6.07) is 7.46. The summed E-state index contributed by atoms with van der Waals surface area (Å²) in [5.41, 5.74) is 0.598. The predicted octanol–water partition coefficient (Wildman–Crippen LogP) is 2.42. The van der Waals surface area contributed by atoms with Gasteiger partial charge in [-0.1, -0.05) is 12.1 Å². The minimum Gasteiger partial charge on any atom is -0.496 e. The Bertz CT molecular complexity index is 524. The van der Waals surface area contributed by atoms with Crippen LogP contribution < -0.4 is 4.74 Å². The quantitative estimate of drug-likeness (QED) is 0.831. The van der Waals surface area contributed by atoms with Gasteiger partial charge in [-0.15, -0.1) is 0 Å². The molecule has 0 radical (unpaired) electrons. The first-order chi connectivity index (χ1) is 9.70. The lowest BCUT2D eigenvalue weighted by atomic mass is 9.83. The number of Topliss-reactive ketones (excluding diaryl/α,β-unsaturated/α-hetero) is 1. The molecule has 0 aromatic heterocycles. The molecule has 0 N–H and O–H groups in total. The molecule has 4 nitrogen and oxygen atoms in total. The molecule has 4 heteroatoms. The normalized spacial score (nSPS) is 25.4. The third-order valence-electron chi connectivity index (χ3n) is 4.36. The van der Waals surface area contributed by atoms with Crippen molar-refractivity contribution in [3.8, 4) is 5.75 Å². The minimum absolute atomic E-state index is 0.00431. The summed E-state index contributed by atoms with van der Waals surface area (Å²) in [7, 11) is 1.58. The smallest absolute Gasteiger partial charge is 0.258 e. The Morgan fingerprint density at radius 1 is 1.20 bits per heavy atom. The van der Waals surface area contributed by atoms with Crippen molar-refractivity contribution in [2.24, 2.45) is 0 Å². The number of nitrogens with zero attached hydrogens (tertiary/aromatic N) is 1. The van der Waals surface area contributed by atoms with E-state index < -0.39 is 0 Å². The highest BCUT2D eigenvalue weighted by atomic mass is 16.5. The summed E-state index contributed by atoms with van der Waals surface area (Å²) in [5.74, 6) is 0.904. The van der Waals surface area contributed by atoms with E-state index in [9.17, 15) is 9.59 Å². The first kappa shape index (κ1) is 13.2. The monoisotopic (exact) mass is 273 g/mol. The van der Waals surface area contributed by atoms with Crippen LogP contribution in [-0.2, 0) is 4.79 Å². The number of methoxy groups -OCH3 is 1. The van der Waals surface area contributed by atoms with Gasteiger partial charge in [-0.2, -0.15) is 0 Å². The highest BCUT2D eigenvalue weighted by molar-refractivity contribution is 5.98. The maximum atomic E-state index is 12.8. The first-order valence-electron chi connectivity index (χ1n) is 7.18. The molecule has 1 aromatic carbocycles. The highest BCUT2D eigenvalue weighted by Crippen LogP contribution is 2.34. The van der Waals surface area contributed by atoms with Crippen molar-refractivity contribution in [1.82, 2.24) is 4.90 Å². The topological polar surface area (TPSA) is 46.6 Å². The van der Waals surface area contributed by atoms with E-state index in [0.717, 1.165) is 19.3 Å². The molecule has 0 aliphatic carbocycles. The molecule has 2 aliphatic heterocycles. The van der Waals surface area contributed by atoms with E-state index in [1.54, 1.807) is 19.2 Å². The molecule has 2 heterocycles. The predicted molar refractivity (Wildman–Crippen MR) is 74.8 cm³/mol. The second-order valence-corrected chi connectivity index (χ2v) is 5.60. The maximum absolute atomic E-state index is 12.8. The van der Waals surface area contributed by atoms with Gasteiger partial charge < -0.3 is 9.64 Å². The number of para-hydroxylation sites is 1. The number of carbonyl (C=O) groups is 2. The molecule has 2 unspecified atom stereocenters. The third kappa shape index (κ3) is 2.19. The van der Waals surface area contributed by atoms with Crippen LogP contribution in [-0.4, -0.2) is 35.8 Å². The zero-order chi connectivity index (χ0) is 14.1. The lowest BCUT2D eigenvalue weighted by molar-refractivity contribution is -0.125. The second-order valence-electron chi connectivity index (χ2n) is 5.60. The number of amides is 1. The lowest BCUT2D eigenvalue weighted by Gasteiger charge is -2.45. The molecule has 106 valence electrons. The second kappa shape index (κ2) is 5.27. The summed E-state index contributed by atoms with van der Waals surface area (Å²) < 4.78 is 5.29. The fraction of sp³-hybridized carbons (Fsp3) is 0.500. The largest absolute Gasteiger partial charge is 0.496 e. The van der Waals surface area contributed by atoms with Crippen molar-refractivity contribution in [3.05, 3.63) is 29.8 Å². The molecule has 2 bridgehead atoms. The SMILES string of the molecule is COc1ccccc1C(=O)N1C2CCCC1CC(=O)C2. The number of ketones is 1. The van der Waals surface area contributed by atoms with Crippen molar-refractivity contribution in [3.63, 3.8) is 0 Å². The fourth-order valence-electron chi connectivity index (χ4n) is 3.47. The number of rotatable bonds is 2. The summed E-state index contributed by atoms with van der Waals surface area (Å²) in [5, 5.41) is 0. The van der Waals surface area contributed by atoms with Crippen molar-refractivity contribution in [2.75, 3.05) is 7.11 Å². The van der Waals surface area contributed by atoms with E-state index in [1.165, 1.54) is 0 Å². The number of ether oxygens (including phenoxy) is 1. The van der Waals surface area contributed by atoms with Gasteiger partial charge in [0.05, 0.1) is 12.7 Å². The molecule has 2 atom stereocenters. The Labute approximate surface area is 118 Å². The molecule has 0 saturated carbocycles. The molecule has 2 aliphatic rings. The van der Waals surface area contributed by atoms with Crippen LogP contribution in [0.25, 0.3) is 0 Å². The van der Waals surface area contributed by atoms with Gasteiger partial charge in [0.2, 0.25) is 0 Å². The molecule has 0 spiro atoms. The lowest BCUT2D eigenvalue weighted by Crippen LogP contribution is -2.55. The van der Waals surface area contributed by atoms with E-state index in [0.29, 0.717) is 29.9 Å². The van der Waals surface area contributed by atoms with Crippen LogP contribution in [0.5, 0.6) is 5.75 Å². The molecule has 2 fully saturated rings. The molecular formula is C16H19NO3. The van der Waals surface area contributed by atoms with E-state index in [4.69, 9.17) is 4.74 Å². The zero-order valence-electron chi connectivity index (χ0n) is 11.7. The van der Waals surface area contributed by atoms with Crippen molar-refractivity contribution in [2.45, 2.75) is 44.2 Å². The summed E-state index contributed by atoms with van der Waals surface area (Å²) in [4.78, 5) is 26.5. The van der Waals surface area contributed by atoms with Gasteiger partial charge in [0.15, 0.2) is 0 Å². The molecule has 1 amide bonds. The van der Waals surface area contributed by atoms with E-state index >= 15 is 0 Å². The molecule has 20 heavy (non-hydrogen) atoms. The van der Waals surface area contributed by atoms with Crippen molar-refractivity contribution in [1.29, 1.82) is 0 Å². The van der Waals surface area contributed by atoms with E-state index in [2.05, 4.69) is 0 Å². The fourth-order valence-corrected chi connectivity index (χ4v) is 3.47. The van der Waals surface area contributed by atoms with Crippen LogP contribution >= 0.6 is 0 Å². The minimum atomic E-state index is 0.00431. The van der Waals surface area contributed by atoms with Crippen LogP contribution in [0.3, 0.4) is 0 Å². The maximum Gasteiger partial charge on any atom is 0.258 e. The van der Waals surface area contributed by atoms with Crippen LogP contribution in [0.4, 0.5) is 0 Å². The Kier molecular flexibility index (Phi) is 3.47. The Morgan fingerprint density at radius 2 is 1.85 bits per heavy atom. The molecule has 2 saturated heterocycles. The van der Waals surface area contributed by atoms with Crippen molar-refractivity contribution < 1.29 is 14.3 Å². The van der Waals surface area contributed by atoms with Gasteiger partial charge in [0.25, 0.3) is 5.91 Å². The average molecular weight is 273 g/mol. The summed E-state index contributed by atoms with van der Waals surface area (Å²) in [6.45, 7) is 0. The summed E-state index contributed by atoms with van der Waals surface area (Å²) in [6.07, 6.45) is 4.00. The standard InChI is InChI=1S/C16H19NO3/c1-20-15-8-3-2-7-14(15)16(19)17-11-5-4-6-12(17)10-13(18)9-11/h2-3,7-8,11-12H,4-6,9-10H2,1H3. The number of carbonyl (C=O) groups excluding carboxylic acids is 2. The van der Waals surface area contributed by atoms with Gasteiger partial charge in [0.1, 0.15) is 11.5 Å². The van der Waals surface area contributed by atoms with Gasteiger partial charge in [-0.25, -0.2) is 0 Å². The number of piperidine rings is 2. The van der Waals surface area contributed by atoms with Crippen LogP contribution in [0.2, 0.25) is 0 Å². The van der Waals surface area contributed by atoms with Gasteiger partial charge >= 0.3 is 0 Å². The number of benzene rings is 1. The highest BCUT2D eigenvalue weighted by Gasteiger charge is 2.40. The average Bonchev–Trinajstić information content (AvgIpc) is 2.45. The van der Waals surface area contributed by atoms with E-state index in [-0.39, 0.29) is 18.0 Å². The molecular weight excluding hydrogens is 254 g/mol. The zero-order valence-corrected chi connectivity index (χ0v) is 11.7. The van der Waals surface area contributed by atoms with Gasteiger partial charge in [-0.05, 0) is 31.4 Å². The van der Waals surface area contributed by atoms with Crippen LogP contribution in [0.15, 0.2) is 24.3 Å². The Morgan fingerprint density at radius 3 is 2.50 bits per heavy atom. The molecule has 3 rings (SSSR count). The summed E-state index contributed by atoms with van der Waals surface area (Å²) >= 11 is 0. The molecule has 1 aromatic rings. The number of fused-ring (bicyclic) bond motifs is 2. The van der Waals surface area contributed by atoms with Gasteiger partial charge in [-0.3, -0.25) is 9.59 Å². The Hall–Kier alpha value is -1.84. The number of hydrogen-bond acceptors (Lipinski definition) is 3. The van der Waals surface area contributed by atoms with E-state index in [1.807, 2.05) is 17.0 Å². The van der Waals surface area contributed by atoms with Crippen LogP contribution in [0, 0.1) is 0 Å². The number of hydrogen-bond donors (Lipinski definition) is 0. The first-order valence-corrected chi connectivity index (χ1v) is 7.18.